The Kier molecular flexibility index (Phi) is 8.23. The molecule has 10 nitrogen and oxygen atoms in total. The Morgan fingerprint density at radius 2 is 1.95 bits per heavy atom. The Bertz CT molecular complexity index is 372. The maximum Gasteiger partial charge on any atom is 0.404 e. The molecule has 0 saturated carbocycles. The van der Waals surface area contributed by atoms with E-state index in [4.69, 9.17) is 10.8 Å². The molecule has 0 bridgehead atoms. The minimum atomic E-state index is -1.28. The second-order valence-electron chi connectivity index (χ2n) is 3.57. The number of rotatable bonds is 8. The largest absolute Gasteiger partial charge is 0.480 e. The van der Waals surface area contributed by atoms with Crippen LogP contribution in [0.3, 0.4) is 0 Å². The number of esters is 1. The van der Waals surface area contributed by atoms with E-state index in [1.807, 2.05) is 0 Å². The van der Waals surface area contributed by atoms with Crippen molar-refractivity contribution in [3.63, 3.8) is 0 Å². The molecule has 20 heavy (non-hydrogen) atoms. The normalized spacial score (nSPS) is 11.1. The van der Waals surface area contributed by atoms with E-state index in [2.05, 4.69) is 20.1 Å². The topological polar surface area (TPSA) is 157 Å². The molecule has 0 unspecified atom stereocenters. The van der Waals surface area contributed by atoms with Crippen LogP contribution in [0.5, 0.6) is 0 Å². The molecule has 114 valence electrons. The van der Waals surface area contributed by atoms with Crippen LogP contribution in [-0.2, 0) is 19.1 Å². The van der Waals surface area contributed by atoms with Gasteiger partial charge in [-0.3, -0.25) is 4.79 Å². The highest BCUT2D eigenvalue weighted by molar-refractivity contribution is 5.83. The standard InChI is InChI=1S/C10H17N3O7/c1-19-7(14)3-2-6(8(15)16)13-10(18)12-4-5-20-9(11)17/h6H,2-5H2,1H3,(H2,11,17)(H,15,16)(H2,12,13,18)/t6-/m1/s1. The van der Waals surface area contributed by atoms with E-state index >= 15 is 0 Å². The number of carboxylic acids is 1. The van der Waals surface area contributed by atoms with Crippen molar-refractivity contribution in [3.8, 4) is 0 Å². The van der Waals surface area contributed by atoms with Crippen LogP contribution in [0.2, 0.25) is 0 Å². The lowest BCUT2D eigenvalue weighted by Gasteiger charge is -2.14. The van der Waals surface area contributed by atoms with E-state index in [-0.39, 0.29) is 26.0 Å². The molecule has 0 aromatic carbocycles. The zero-order valence-electron chi connectivity index (χ0n) is 10.9. The van der Waals surface area contributed by atoms with Gasteiger partial charge in [-0.1, -0.05) is 0 Å². The SMILES string of the molecule is COC(=O)CC[C@@H](NC(=O)NCCOC(N)=O)C(=O)O. The molecule has 0 aromatic rings. The number of urea groups is 1. The summed E-state index contributed by atoms with van der Waals surface area (Å²) in [6.07, 6.45) is -1.22. The zero-order valence-corrected chi connectivity index (χ0v) is 10.9. The fourth-order valence-corrected chi connectivity index (χ4v) is 1.15. The number of carboxylic acid groups (broad SMARTS) is 1. The van der Waals surface area contributed by atoms with Gasteiger partial charge < -0.3 is 30.9 Å². The number of amides is 3. The Labute approximate surface area is 114 Å². The molecule has 10 heteroatoms. The monoisotopic (exact) mass is 291 g/mol. The van der Waals surface area contributed by atoms with E-state index in [1.54, 1.807) is 0 Å². The van der Waals surface area contributed by atoms with Crippen LogP contribution in [0.1, 0.15) is 12.8 Å². The van der Waals surface area contributed by atoms with Gasteiger partial charge in [0.05, 0.1) is 13.7 Å². The summed E-state index contributed by atoms with van der Waals surface area (Å²) in [7, 11) is 1.18. The molecule has 0 aliphatic heterocycles. The van der Waals surface area contributed by atoms with E-state index in [0.717, 1.165) is 0 Å². The first-order chi connectivity index (χ1) is 9.36. The molecule has 5 N–H and O–H groups in total. The van der Waals surface area contributed by atoms with Gasteiger partial charge in [0.2, 0.25) is 0 Å². The Balaban J connectivity index is 4.04. The fourth-order valence-electron chi connectivity index (χ4n) is 1.15. The summed E-state index contributed by atoms with van der Waals surface area (Å²) >= 11 is 0. The summed E-state index contributed by atoms with van der Waals surface area (Å²) in [5, 5.41) is 13.3. The van der Waals surface area contributed by atoms with Gasteiger partial charge in [0, 0.05) is 6.42 Å². The van der Waals surface area contributed by atoms with E-state index in [1.165, 1.54) is 7.11 Å². The lowest BCUT2D eigenvalue weighted by molar-refractivity contribution is -0.142. The van der Waals surface area contributed by atoms with E-state index in [0.29, 0.717) is 0 Å². The highest BCUT2D eigenvalue weighted by Crippen LogP contribution is 1.99. The summed E-state index contributed by atoms with van der Waals surface area (Å²) in [6, 6.07) is -2.00. The molecule has 0 aromatic heterocycles. The van der Waals surface area contributed by atoms with Gasteiger partial charge in [0.1, 0.15) is 12.6 Å². The van der Waals surface area contributed by atoms with Crippen molar-refractivity contribution in [2.45, 2.75) is 18.9 Å². The summed E-state index contributed by atoms with van der Waals surface area (Å²) in [6.45, 7) is -0.166. The number of primary amides is 1. The van der Waals surface area contributed by atoms with Crippen LogP contribution in [0.4, 0.5) is 9.59 Å². The average molecular weight is 291 g/mol. The minimum absolute atomic E-state index is 0.0296. The van der Waals surface area contributed by atoms with Gasteiger partial charge in [-0.25, -0.2) is 14.4 Å². The first-order valence-corrected chi connectivity index (χ1v) is 5.63. The van der Waals surface area contributed by atoms with Crippen LogP contribution in [0.15, 0.2) is 0 Å². The Morgan fingerprint density at radius 1 is 1.30 bits per heavy atom. The molecule has 0 radical (unpaired) electrons. The molecule has 0 saturated heterocycles. The molecule has 1 atom stereocenters. The first kappa shape index (κ1) is 17.5. The molecule has 0 heterocycles. The third-order valence-corrected chi connectivity index (χ3v) is 2.10. The lowest BCUT2D eigenvalue weighted by atomic mass is 10.1. The molecular weight excluding hydrogens is 274 g/mol. The smallest absolute Gasteiger partial charge is 0.404 e. The summed E-state index contributed by atoms with van der Waals surface area (Å²) in [5.41, 5.74) is 4.70. The number of nitrogens with two attached hydrogens (primary N) is 1. The molecule has 0 spiro atoms. The predicted octanol–water partition coefficient (Wildman–Crippen LogP) is -1.21. The number of methoxy groups -OCH3 is 1. The van der Waals surface area contributed by atoms with Crippen LogP contribution in [-0.4, -0.2) is 55.5 Å². The van der Waals surface area contributed by atoms with Crippen molar-refractivity contribution in [3.05, 3.63) is 0 Å². The van der Waals surface area contributed by atoms with Gasteiger partial charge in [-0.05, 0) is 6.42 Å². The molecule has 0 rings (SSSR count). The maximum atomic E-state index is 11.3. The quantitative estimate of drug-likeness (QED) is 0.322. The van der Waals surface area contributed by atoms with Crippen LogP contribution < -0.4 is 16.4 Å². The van der Waals surface area contributed by atoms with Crippen molar-refractivity contribution in [1.82, 2.24) is 10.6 Å². The molecule has 0 aliphatic carbocycles. The number of hydrogen-bond acceptors (Lipinski definition) is 6. The fraction of sp³-hybridized carbons (Fsp3) is 0.600. The van der Waals surface area contributed by atoms with Gasteiger partial charge >= 0.3 is 24.1 Å². The van der Waals surface area contributed by atoms with Crippen LogP contribution in [0.25, 0.3) is 0 Å². The van der Waals surface area contributed by atoms with Crippen molar-refractivity contribution in [2.24, 2.45) is 5.73 Å². The third kappa shape index (κ3) is 8.55. The van der Waals surface area contributed by atoms with E-state index < -0.39 is 30.1 Å². The number of carbonyl (C=O) groups excluding carboxylic acids is 3. The van der Waals surface area contributed by atoms with Crippen molar-refractivity contribution in [2.75, 3.05) is 20.3 Å². The zero-order chi connectivity index (χ0) is 15.5. The predicted molar refractivity (Wildman–Crippen MR) is 64.7 cm³/mol. The number of ether oxygens (including phenoxy) is 2. The summed E-state index contributed by atoms with van der Waals surface area (Å²) in [5.74, 6) is -1.86. The van der Waals surface area contributed by atoms with Crippen molar-refractivity contribution in [1.29, 1.82) is 0 Å². The van der Waals surface area contributed by atoms with Gasteiger partial charge in [0.25, 0.3) is 0 Å². The highest BCUT2D eigenvalue weighted by Gasteiger charge is 2.20. The summed E-state index contributed by atoms with van der Waals surface area (Å²) < 4.78 is 8.72. The number of nitrogens with one attached hydrogen (secondary N) is 2. The second kappa shape index (κ2) is 9.42. The second-order valence-corrected chi connectivity index (χ2v) is 3.57. The minimum Gasteiger partial charge on any atom is -0.480 e. The lowest BCUT2D eigenvalue weighted by Crippen LogP contribution is -2.47. The van der Waals surface area contributed by atoms with Crippen LogP contribution >= 0.6 is 0 Å². The first-order valence-electron chi connectivity index (χ1n) is 5.63. The molecule has 0 aliphatic rings. The molecule has 0 fully saturated rings. The Morgan fingerprint density at radius 3 is 2.45 bits per heavy atom. The van der Waals surface area contributed by atoms with Crippen molar-refractivity contribution >= 4 is 24.1 Å². The van der Waals surface area contributed by atoms with Gasteiger partial charge in [-0.15, -0.1) is 0 Å². The van der Waals surface area contributed by atoms with Crippen LogP contribution in [0, 0.1) is 0 Å². The van der Waals surface area contributed by atoms with E-state index in [9.17, 15) is 19.2 Å². The summed E-state index contributed by atoms with van der Waals surface area (Å²) in [4.78, 5) is 43.4. The molecular formula is C10H17N3O7. The third-order valence-electron chi connectivity index (χ3n) is 2.10. The average Bonchev–Trinajstić information content (AvgIpc) is 2.38. The molecule has 3 amide bonds. The highest BCUT2D eigenvalue weighted by atomic mass is 16.5. The number of aliphatic carboxylic acids is 1. The van der Waals surface area contributed by atoms with Gasteiger partial charge in [-0.2, -0.15) is 0 Å². The Hall–Kier alpha value is -2.52. The maximum absolute atomic E-state index is 11.3. The van der Waals surface area contributed by atoms with Gasteiger partial charge in [0.15, 0.2) is 0 Å². The van der Waals surface area contributed by atoms with Crippen molar-refractivity contribution < 1.29 is 33.8 Å². The number of hydrogen-bond donors (Lipinski definition) is 4. The number of carbonyl (C=O) groups is 4.